The predicted molar refractivity (Wildman–Crippen MR) is 57.5 cm³/mol. The number of hydrogen-bond donors (Lipinski definition) is 3. The standard InChI is InChI=1S/C9H14N2O.ClH/c1-7(6-10)11-8-2-4-9(12)5-3-8;/h2-5,7,11-12H,6,10H2,1H3;1H. The maximum Gasteiger partial charge on any atom is 0.115 e. The fraction of sp³-hybridized carbons (Fsp3) is 0.333. The lowest BCUT2D eigenvalue weighted by atomic mass is 10.2. The molecule has 4 heteroatoms. The van der Waals surface area contributed by atoms with Crippen LogP contribution in [-0.2, 0) is 0 Å². The van der Waals surface area contributed by atoms with E-state index in [-0.39, 0.29) is 24.2 Å². The molecule has 0 spiro atoms. The van der Waals surface area contributed by atoms with Gasteiger partial charge in [0, 0.05) is 18.3 Å². The summed E-state index contributed by atoms with van der Waals surface area (Å²) in [6.45, 7) is 2.60. The summed E-state index contributed by atoms with van der Waals surface area (Å²) in [5.41, 5.74) is 6.42. The number of halogens is 1. The van der Waals surface area contributed by atoms with Crippen LogP contribution in [0.25, 0.3) is 0 Å². The van der Waals surface area contributed by atoms with Crippen molar-refractivity contribution < 1.29 is 5.11 Å². The van der Waals surface area contributed by atoms with Crippen LogP contribution in [0.15, 0.2) is 24.3 Å². The third kappa shape index (κ3) is 4.01. The minimum absolute atomic E-state index is 0. The molecular formula is C9H15ClN2O. The summed E-state index contributed by atoms with van der Waals surface area (Å²) in [7, 11) is 0. The van der Waals surface area contributed by atoms with E-state index in [9.17, 15) is 0 Å². The van der Waals surface area contributed by atoms with Crippen LogP contribution >= 0.6 is 12.4 Å². The van der Waals surface area contributed by atoms with Crippen molar-refractivity contribution in [2.45, 2.75) is 13.0 Å². The molecule has 0 radical (unpaired) electrons. The molecule has 3 nitrogen and oxygen atoms in total. The van der Waals surface area contributed by atoms with E-state index in [4.69, 9.17) is 10.8 Å². The summed E-state index contributed by atoms with van der Waals surface area (Å²) < 4.78 is 0. The van der Waals surface area contributed by atoms with Crippen LogP contribution in [0.4, 0.5) is 5.69 Å². The highest BCUT2D eigenvalue weighted by Crippen LogP contribution is 2.13. The monoisotopic (exact) mass is 202 g/mol. The van der Waals surface area contributed by atoms with E-state index in [0.717, 1.165) is 5.69 Å². The summed E-state index contributed by atoms with van der Waals surface area (Å²) in [6.07, 6.45) is 0. The van der Waals surface area contributed by atoms with E-state index in [2.05, 4.69) is 5.32 Å². The molecule has 74 valence electrons. The van der Waals surface area contributed by atoms with Gasteiger partial charge in [0.15, 0.2) is 0 Å². The molecular weight excluding hydrogens is 188 g/mol. The second-order valence-electron chi connectivity index (χ2n) is 2.83. The van der Waals surface area contributed by atoms with Gasteiger partial charge in [0.25, 0.3) is 0 Å². The van der Waals surface area contributed by atoms with Gasteiger partial charge in [-0.05, 0) is 31.2 Å². The molecule has 0 amide bonds. The third-order valence-corrected chi connectivity index (χ3v) is 1.63. The molecule has 0 saturated carbocycles. The van der Waals surface area contributed by atoms with Crippen LogP contribution in [0.2, 0.25) is 0 Å². The zero-order chi connectivity index (χ0) is 8.97. The Morgan fingerprint density at radius 2 is 1.92 bits per heavy atom. The first-order valence-corrected chi connectivity index (χ1v) is 3.98. The Bertz CT molecular complexity index is 238. The minimum Gasteiger partial charge on any atom is -0.508 e. The molecule has 1 atom stereocenters. The number of benzene rings is 1. The normalized spacial score (nSPS) is 11.5. The van der Waals surface area contributed by atoms with E-state index < -0.39 is 0 Å². The van der Waals surface area contributed by atoms with Crippen LogP contribution in [0.1, 0.15) is 6.92 Å². The molecule has 0 fully saturated rings. The van der Waals surface area contributed by atoms with Crippen molar-refractivity contribution in [3.8, 4) is 5.75 Å². The van der Waals surface area contributed by atoms with Gasteiger partial charge in [0.05, 0.1) is 0 Å². The average molecular weight is 203 g/mol. The Morgan fingerprint density at radius 1 is 1.38 bits per heavy atom. The molecule has 4 N–H and O–H groups in total. The average Bonchev–Trinajstić information content (AvgIpc) is 2.09. The summed E-state index contributed by atoms with van der Waals surface area (Å²) in [4.78, 5) is 0. The highest BCUT2D eigenvalue weighted by Gasteiger charge is 1.97. The van der Waals surface area contributed by atoms with Crippen molar-refractivity contribution >= 4 is 18.1 Å². The molecule has 0 aliphatic heterocycles. The number of phenols is 1. The van der Waals surface area contributed by atoms with E-state index in [0.29, 0.717) is 6.54 Å². The van der Waals surface area contributed by atoms with Gasteiger partial charge >= 0.3 is 0 Å². The smallest absolute Gasteiger partial charge is 0.115 e. The van der Waals surface area contributed by atoms with Crippen molar-refractivity contribution in [3.05, 3.63) is 24.3 Å². The van der Waals surface area contributed by atoms with Crippen molar-refractivity contribution in [2.75, 3.05) is 11.9 Å². The van der Waals surface area contributed by atoms with Gasteiger partial charge in [-0.2, -0.15) is 0 Å². The van der Waals surface area contributed by atoms with E-state index in [1.54, 1.807) is 12.1 Å². The largest absolute Gasteiger partial charge is 0.508 e. The first-order chi connectivity index (χ1) is 5.72. The summed E-state index contributed by atoms with van der Waals surface area (Å²) in [5.74, 6) is 0.279. The van der Waals surface area contributed by atoms with Crippen LogP contribution < -0.4 is 11.1 Å². The molecule has 0 heterocycles. The molecule has 0 aromatic heterocycles. The summed E-state index contributed by atoms with van der Waals surface area (Å²) in [5, 5.41) is 12.2. The maximum absolute atomic E-state index is 9.00. The number of rotatable bonds is 3. The molecule has 0 aliphatic rings. The molecule has 13 heavy (non-hydrogen) atoms. The second kappa shape index (κ2) is 5.67. The third-order valence-electron chi connectivity index (χ3n) is 1.63. The van der Waals surface area contributed by atoms with Crippen LogP contribution in [-0.4, -0.2) is 17.7 Å². The van der Waals surface area contributed by atoms with Crippen LogP contribution in [0, 0.1) is 0 Å². The minimum atomic E-state index is 0. The highest BCUT2D eigenvalue weighted by atomic mass is 35.5. The van der Waals surface area contributed by atoms with Gasteiger partial charge in [0.1, 0.15) is 5.75 Å². The van der Waals surface area contributed by atoms with Crippen molar-refractivity contribution in [1.29, 1.82) is 0 Å². The number of nitrogens with one attached hydrogen (secondary N) is 1. The maximum atomic E-state index is 9.00. The fourth-order valence-corrected chi connectivity index (χ4v) is 0.901. The van der Waals surface area contributed by atoms with Gasteiger partial charge in [-0.3, -0.25) is 0 Å². The number of hydrogen-bond acceptors (Lipinski definition) is 3. The zero-order valence-electron chi connectivity index (χ0n) is 7.53. The Labute approximate surface area is 84.4 Å². The molecule has 1 unspecified atom stereocenters. The first kappa shape index (κ1) is 12.1. The molecule has 1 rings (SSSR count). The van der Waals surface area contributed by atoms with Gasteiger partial charge in [-0.1, -0.05) is 0 Å². The number of phenolic OH excluding ortho intramolecular Hbond substituents is 1. The predicted octanol–water partition coefficient (Wildman–Crippen LogP) is 1.57. The Morgan fingerprint density at radius 3 is 2.38 bits per heavy atom. The number of nitrogens with two attached hydrogens (primary N) is 1. The van der Waals surface area contributed by atoms with Gasteiger partial charge < -0.3 is 16.2 Å². The van der Waals surface area contributed by atoms with Gasteiger partial charge in [-0.25, -0.2) is 0 Å². The Kier molecular flexibility index (Phi) is 5.26. The lowest BCUT2D eigenvalue weighted by Crippen LogP contribution is -2.24. The summed E-state index contributed by atoms with van der Waals surface area (Å²) in [6, 6.07) is 7.19. The zero-order valence-corrected chi connectivity index (χ0v) is 8.34. The molecule has 0 aliphatic carbocycles. The SMILES string of the molecule is CC(CN)Nc1ccc(O)cc1.Cl. The Balaban J connectivity index is 0.00000144. The number of aromatic hydroxyl groups is 1. The number of anilines is 1. The molecule has 1 aromatic carbocycles. The van der Waals surface area contributed by atoms with Crippen molar-refractivity contribution in [1.82, 2.24) is 0 Å². The van der Waals surface area contributed by atoms with Gasteiger partial charge in [-0.15, -0.1) is 12.4 Å². The highest BCUT2D eigenvalue weighted by molar-refractivity contribution is 5.85. The second-order valence-corrected chi connectivity index (χ2v) is 2.83. The Hall–Kier alpha value is -0.930. The molecule has 0 bridgehead atoms. The fourth-order valence-electron chi connectivity index (χ4n) is 0.901. The van der Waals surface area contributed by atoms with E-state index in [1.165, 1.54) is 0 Å². The topological polar surface area (TPSA) is 58.3 Å². The van der Waals surface area contributed by atoms with Gasteiger partial charge in [0.2, 0.25) is 0 Å². The molecule has 1 aromatic rings. The van der Waals surface area contributed by atoms with Crippen molar-refractivity contribution in [2.24, 2.45) is 5.73 Å². The lowest BCUT2D eigenvalue weighted by Gasteiger charge is -2.12. The van der Waals surface area contributed by atoms with Crippen molar-refractivity contribution in [3.63, 3.8) is 0 Å². The van der Waals surface area contributed by atoms with E-state index in [1.807, 2.05) is 19.1 Å². The van der Waals surface area contributed by atoms with Crippen LogP contribution in [0.3, 0.4) is 0 Å². The first-order valence-electron chi connectivity index (χ1n) is 3.98. The van der Waals surface area contributed by atoms with Crippen LogP contribution in [0.5, 0.6) is 5.75 Å². The van der Waals surface area contributed by atoms with E-state index >= 15 is 0 Å². The molecule has 0 saturated heterocycles. The summed E-state index contributed by atoms with van der Waals surface area (Å²) >= 11 is 0. The quantitative estimate of drug-likeness (QED) is 0.653. The lowest BCUT2D eigenvalue weighted by molar-refractivity contribution is 0.475.